The lowest BCUT2D eigenvalue weighted by Gasteiger charge is -2.19. The van der Waals surface area contributed by atoms with Gasteiger partial charge in [-0.25, -0.2) is 9.98 Å². The molecule has 0 saturated carbocycles. The van der Waals surface area contributed by atoms with Crippen LogP contribution in [0, 0.1) is 0 Å². The number of aliphatic imine (C=N–C) groups is 2. The smallest absolute Gasteiger partial charge is 0.252 e. The van der Waals surface area contributed by atoms with Gasteiger partial charge in [-0.15, -0.1) is 0 Å². The standard InChI is InChI=1S/C25H35N7O3/c1-16(2)18-12-21(34-9)19(20(33)10-11-31(5)6)13-22(18)35-23-14-27-25(28-15-32(7)8)30-24(23)29-17(3)26-4/h10-16H,1-9H3,(H,26,27,29,30). The molecule has 0 saturated heterocycles. The molecule has 0 aliphatic heterocycles. The number of ketones is 1. The van der Waals surface area contributed by atoms with E-state index in [2.05, 4.69) is 25.3 Å². The molecule has 1 aromatic carbocycles. The lowest BCUT2D eigenvalue weighted by molar-refractivity contribution is 0.104. The first kappa shape index (κ1) is 27.3. The number of carbonyl (C=O) groups excluding carboxylic acids is 1. The Labute approximate surface area is 207 Å². The number of carbonyl (C=O) groups is 1. The van der Waals surface area contributed by atoms with Gasteiger partial charge in [0.1, 0.15) is 11.5 Å². The maximum atomic E-state index is 12.9. The van der Waals surface area contributed by atoms with Crippen molar-refractivity contribution in [2.24, 2.45) is 9.98 Å². The zero-order valence-corrected chi connectivity index (χ0v) is 21.9. The van der Waals surface area contributed by atoms with Gasteiger partial charge < -0.3 is 24.6 Å². The van der Waals surface area contributed by atoms with Crippen LogP contribution in [-0.2, 0) is 0 Å². The first-order valence-electron chi connectivity index (χ1n) is 11.1. The molecule has 35 heavy (non-hydrogen) atoms. The predicted octanol–water partition coefficient (Wildman–Crippen LogP) is 4.34. The van der Waals surface area contributed by atoms with Crippen molar-refractivity contribution in [1.82, 2.24) is 19.8 Å². The average molecular weight is 482 g/mol. The minimum absolute atomic E-state index is 0.0978. The van der Waals surface area contributed by atoms with Gasteiger partial charge in [0, 0.05) is 53.1 Å². The zero-order chi connectivity index (χ0) is 26.1. The molecule has 10 nitrogen and oxygen atoms in total. The first-order chi connectivity index (χ1) is 16.5. The molecular weight excluding hydrogens is 446 g/mol. The number of amidine groups is 1. The van der Waals surface area contributed by atoms with Gasteiger partial charge in [-0.1, -0.05) is 13.8 Å². The molecule has 0 amide bonds. The maximum Gasteiger partial charge on any atom is 0.252 e. The van der Waals surface area contributed by atoms with E-state index < -0.39 is 0 Å². The molecule has 10 heteroatoms. The second kappa shape index (κ2) is 12.5. The minimum Gasteiger partial charge on any atom is -0.496 e. The van der Waals surface area contributed by atoms with Crippen molar-refractivity contribution in [2.75, 3.05) is 47.7 Å². The van der Waals surface area contributed by atoms with Gasteiger partial charge in [0.15, 0.2) is 17.4 Å². The van der Waals surface area contributed by atoms with Crippen LogP contribution in [0.5, 0.6) is 17.2 Å². The number of benzene rings is 1. The van der Waals surface area contributed by atoms with Crippen molar-refractivity contribution < 1.29 is 14.3 Å². The molecule has 1 N–H and O–H groups in total. The molecule has 0 fully saturated rings. The second-order valence-electron chi connectivity index (χ2n) is 8.52. The molecule has 0 bridgehead atoms. The monoisotopic (exact) mass is 481 g/mol. The molecule has 0 spiro atoms. The van der Waals surface area contributed by atoms with E-state index in [1.54, 1.807) is 48.8 Å². The molecule has 188 valence electrons. The number of hydrogen-bond donors (Lipinski definition) is 1. The summed E-state index contributed by atoms with van der Waals surface area (Å²) in [7, 11) is 10.6. The fraction of sp³-hybridized carbons (Fsp3) is 0.400. The van der Waals surface area contributed by atoms with Crippen LogP contribution in [0.1, 0.15) is 42.6 Å². The zero-order valence-electron chi connectivity index (χ0n) is 21.9. The van der Waals surface area contributed by atoms with E-state index in [0.29, 0.717) is 34.5 Å². The molecule has 0 unspecified atom stereocenters. The molecule has 0 radical (unpaired) electrons. The second-order valence-corrected chi connectivity index (χ2v) is 8.52. The molecule has 2 rings (SSSR count). The van der Waals surface area contributed by atoms with Crippen molar-refractivity contribution >= 4 is 29.7 Å². The normalized spacial score (nSPS) is 11.9. The lowest BCUT2D eigenvalue weighted by atomic mass is 9.97. The Morgan fingerprint density at radius 2 is 1.83 bits per heavy atom. The van der Waals surface area contributed by atoms with Crippen molar-refractivity contribution in [3.8, 4) is 17.2 Å². The van der Waals surface area contributed by atoms with Crippen LogP contribution in [0.25, 0.3) is 0 Å². The Balaban J connectivity index is 2.60. The van der Waals surface area contributed by atoms with Crippen LogP contribution in [0.15, 0.2) is 40.6 Å². The van der Waals surface area contributed by atoms with Crippen LogP contribution in [0.3, 0.4) is 0 Å². The SMILES string of the molecule is CN=C(C)Nc1nc(N=CN(C)C)ncc1Oc1cc(C(=O)C=CN(C)C)c(OC)cc1C(C)C. The number of nitrogens with one attached hydrogen (secondary N) is 1. The summed E-state index contributed by atoms with van der Waals surface area (Å²) in [4.78, 5) is 33.7. The number of nitrogens with zero attached hydrogens (tertiary/aromatic N) is 6. The number of aromatic nitrogens is 2. The summed E-state index contributed by atoms with van der Waals surface area (Å²) in [6.45, 7) is 5.89. The van der Waals surface area contributed by atoms with E-state index in [1.807, 2.05) is 55.0 Å². The summed E-state index contributed by atoms with van der Waals surface area (Å²) in [5.41, 5.74) is 1.26. The van der Waals surface area contributed by atoms with E-state index in [1.165, 1.54) is 6.08 Å². The van der Waals surface area contributed by atoms with Gasteiger partial charge in [-0.2, -0.15) is 4.98 Å². The van der Waals surface area contributed by atoms with Crippen LogP contribution < -0.4 is 14.8 Å². The third-order valence-corrected chi connectivity index (χ3v) is 4.74. The van der Waals surface area contributed by atoms with Gasteiger partial charge >= 0.3 is 0 Å². The van der Waals surface area contributed by atoms with Crippen molar-refractivity contribution in [2.45, 2.75) is 26.7 Å². The highest BCUT2D eigenvalue weighted by molar-refractivity contribution is 6.07. The Hall–Kier alpha value is -3.95. The predicted molar refractivity (Wildman–Crippen MR) is 141 cm³/mol. The van der Waals surface area contributed by atoms with Gasteiger partial charge in [-0.3, -0.25) is 9.79 Å². The Kier molecular flexibility index (Phi) is 9.74. The summed E-state index contributed by atoms with van der Waals surface area (Å²) >= 11 is 0. The summed E-state index contributed by atoms with van der Waals surface area (Å²) < 4.78 is 11.8. The number of methoxy groups -OCH3 is 1. The van der Waals surface area contributed by atoms with Gasteiger partial charge in [0.05, 0.1) is 31.0 Å². The Bertz CT molecular complexity index is 1120. The highest BCUT2D eigenvalue weighted by Crippen LogP contribution is 2.38. The summed E-state index contributed by atoms with van der Waals surface area (Å²) in [5.74, 6) is 2.55. The Morgan fingerprint density at radius 1 is 1.11 bits per heavy atom. The number of hydrogen-bond acceptors (Lipinski definition) is 8. The van der Waals surface area contributed by atoms with Crippen molar-refractivity contribution in [3.05, 3.63) is 41.7 Å². The largest absolute Gasteiger partial charge is 0.496 e. The van der Waals surface area contributed by atoms with Crippen LogP contribution in [-0.4, -0.2) is 80.1 Å². The molecule has 1 heterocycles. The van der Waals surface area contributed by atoms with E-state index in [4.69, 9.17) is 9.47 Å². The van der Waals surface area contributed by atoms with Gasteiger partial charge in [0.2, 0.25) is 0 Å². The first-order valence-corrected chi connectivity index (χ1v) is 11.1. The van der Waals surface area contributed by atoms with Crippen LogP contribution in [0.4, 0.5) is 11.8 Å². The minimum atomic E-state index is -0.201. The highest BCUT2D eigenvalue weighted by atomic mass is 16.5. The van der Waals surface area contributed by atoms with Crippen molar-refractivity contribution in [3.63, 3.8) is 0 Å². The summed E-state index contributed by atoms with van der Waals surface area (Å²) in [6.07, 6.45) is 6.34. The quantitative estimate of drug-likeness (QED) is 0.231. The van der Waals surface area contributed by atoms with Crippen molar-refractivity contribution in [1.29, 1.82) is 0 Å². The van der Waals surface area contributed by atoms with E-state index in [9.17, 15) is 4.79 Å². The fourth-order valence-electron chi connectivity index (χ4n) is 2.88. The fourth-order valence-corrected chi connectivity index (χ4v) is 2.88. The topological polar surface area (TPSA) is 105 Å². The molecule has 1 aromatic heterocycles. The average Bonchev–Trinajstić information content (AvgIpc) is 2.81. The van der Waals surface area contributed by atoms with E-state index in [-0.39, 0.29) is 17.6 Å². The maximum absolute atomic E-state index is 12.9. The summed E-state index contributed by atoms with van der Waals surface area (Å²) in [6, 6.07) is 3.53. The highest BCUT2D eigenvalue weighted by Gasteiger charge is 2.20. The molecule has 0 atom stereocenters. The molecular formula is C25H35N7O3. The summed E-state index contributed by atoms with van der Waals surface area (Å²) in [5, 5.41) is 3.13. The molecule has 2 aromatic rings. The third kappa shape index (κ3) is 7.80. The number of anilines is 1. The van der Waals surface area contributed by atoms with Crippen LogP contribution in [0.2, 0.25) is 0 Å². The molecule has 0 aliphatic carbocycles. The van der Waals surface area contributed by atoms with Crippen LogP contribution >= 0.6 is 0 Å². The van der Waals surface area contributed by atoms with E-state index >= 15 is 0 Å². The lowest BCUT2D eigenvalue weighted by Crippen LogP contribution is -2.11. The van der Waals surface area contributed by atoms with Gasteiger partial charge in [0.25, 0.3) is 5.95 Å². The number of allylic oxidation sites excluding steroid dienone is 1. The Morgan fingerprint density at radius 3 is 2.40 bits per heavy atom. The molecule has 0 aliphatic rings. The number of ether oxygens (including phenoxy) is 2. The van der Waals surface area contributed by atoms with E-state index in [0.717, 1.165) is 5.56 Å². The third-order valence-electron chi connectivity index (χ3n) is 4.74. The number of rotatable bonds is 10. The van der Waals surface area contributed by atoms with Gasteiger partial charge in [-0.05, 0) is 25.0 Å².